The number of amides is 2. The van der Waals surface area contributed by atoms with Crippen molar-refractivity contribution in [2.24, 2.45) is 7.05 Å². The van der Waals surface area contributed by atoms with Crippen molar-refractivity contribution in [3.05, 3.63) is 46.0 Å². The Balaban J connectivity index is 2.02. The maximum absolute atomic E-state index is 11.8. The lowest BCUT2D eigenvalue weighted by molar-refractivity contribution is 0.0840. The summed E-state index contributed by atoms with van der Waals surface area (Å²) in [7, 11) is 1.59. The van der Waals surface area contributed by atoms with Gasteiger partial charge in [-0.3, -0.25) is 20.4 Å². The second kappa shape index (κ2) is 5.38. The maximum atomic E-state index is 11.8. The Hall–Kier alpha value is -1.92. The summed E-state index contributed by atoms with van der Waals surface area (Å²) in [5.74, 6) is -0.971. The summed E-state index contributed by atoms with van der Waals surface area (Å²) in [6.45, 7) is 0. The topological polar surface area (TPSA) is 78.9 Å². The third kappa shape index (κ3) is 2.74. The number of hydrogen-bond donors (Lipinski definition) is 3. The minimum atomic E-state index is -0.517. The number of aromatic nitrogens is 2. The highest BCUT2D eigenvalue weighted by molar-refractivity contribution is 6.41. The van der Waals surface area contributed by atoms with Gasteiger partial charge in [-0.05, 0) is 18.2 Å². The molecule has 2 heterocycles. The molecule has 0 aliphatic carbocycles. The Morgan fingerprint density at radius 2 is 1.95 bits per heavy atom. The lowest BCUT2D eigenvalue weighted by Gasteiger charge is -2.07. The molecule has 6 nitrogen and oxygen atoms in total. The number of aromatic amines is 1. The van der Waals surface area contributed by atoms with Crippen molar-refractivity contribution in [3.8, 4) is 0 Å². The predicted octanol–water partition coefficient (Wildman–Crippen LogP) is 1.73. The molecule has 3 N–H and O–H groups in total. The molecule has 0 unspecified atom stereocenters. The van der Waals surface area contributed by atoms with E-state index in [1.54, 1.807) is 25.4 Å². The van der Waals surface area contributed by atoms with Crippen molar-refractivity contribution >= 4 is 35.0 Å². The fraction of sp³-hybridized carbons (Fsp3) is 0.0909. The molecule has 100 valence electrons. The van der Waals surface area contributed by atoms with Gasteiger partial charge in [0.2, 0.25) is 0 Å². The molecule has 2 amide bonds. The molecule has 0 spiro atoms. The van der Waals surface area contributed by atoms with E-state index >= 15 is 0 Å². The molecule has 0 saturated carbocycles. The lowest BCUT2D eigenvalue weighted by Crippen LogP contribution is -2.42. The minimum Gasteiger partial charge on any atom is -0.357 e. The first-order valence-corrected chi connectivity index (χ1v) is 6.01. The van der Waals surface area contributed by atoms with Gasteiger partial charge in [0.15, 0.2) is 0 Å². The molecule has 2 rings (SSSR count). The van der Waals surface area contributed by atoms with E-state index in [0.29, 0.717) is 5.69 Å². The number of carbonyl (C=O) groups excluding carboxylic acids is 2. The number of nitrogens with zero attached hydrogens (tertiary/aromatic N) is 1. The molecule has 0 atom stereocenters. The molecule has 0 radical (unpaired) electrons. The van der Waals surface area contributed by atoms with Crippen LogP contribution in [0.15, 0.2) is 24.4 Å². The molecule has 0 saturated heterocycles. The van der Waals surface area contributed by atoms with Gasteiger partial charge < -0.3 is 9.55 Å². The third-order valence-corrected chi connectivity index (χ3v) is 3.32. The summed E-state index contributed by atoms with van der Waals surface area (Å²) in [5.41, 5.74) is 5.12. The van der Waals surface area contributed by atoms with Crippen LogP contribution in [0.25, 0.3) is 0 Å². The van der Waals surface area contributed by atoms with Crippen LogP contribution < -0.4 is 10.9 Å². The largest absolute Gasteiger partial charge is 0.357 e. The van der Waals surface area contributed by atoms with E-state index in [1.165, 1.54) is 10.6 Å². The zero-order chi connectivity index (χ0) is 14.0. The van der Waals surface area contributed by atoms with Crippen molar-refractivity contribution < 1.29 is 9.59 Å². The van der Waals surface area contributed by atoms with Gasteiger partial charge in [0.05, 0.1) is 5.02 Å². The molecule has 2 aromatic rings. The molecule has 0 aliphatic rings. The van der Waals surface area contributed by atoms with Gasteiger partial charge in [0, 0.05) is 13.2 Å². The number of nitrogens with one attached hydrogen (secondary N) is 3. The summed E-state index contributed by atoms with van der Waals surface area (Å²) in [4.78, 5) is 26.1. The fourth-order valence-electron chi connectivity index (χ4n) is 1.48. The molecule has 2 aromatic heterocycles. The van der Waals surface area contributed by atoms with Crippen LogP contribution in [0.2, 0.25) is 10.2 Å². The number of H-pyrrole nitrogens is 1. The molecular weight excluding hydrogens is 291 g/mol. The molecular formula is C11H10Cl2N4O2. The summed E-state index contributed by atoms with van der Waals surface area (Å²) in [6.07, 6.45) is 1.60. The fourth-order valence-corrected chi connectivity index (χ4v) is 1.85. The Bertz CT molecular complexity index is 619. The first-order chi connectivity index (χ1) is 9.00. The summed E-state index contributed by atoms with van der Waals surface area (Å²) in [6, 6.07) is 4.67. The van der Waals surface area contributed by atoms with Crippen LogP contribution in [0.3, 0.4) is 0 Å². The number of hydrogen-bond acceptors (Lipinski definition) is 2. The average Bonchev–Trinajstić information content (AvgIpc) is 3.00. The van der Waals surface area contributed by atoms with Gasteiger partial charge in [-0.15, -0.1) is 0 Å². The highest BCUT2D eigenvalue weighted by atomic mass is 35.5. The maximum Gasteiger partial charge on any atom is 0.286 e. The van der Waals surface area contributed by atoms with Crippen molar-refractivity contribution in [1.82, 2.24) is 20.4 Å². The van der Waals surface area contributed by atoms with Crippen LogP contribution >= 0.6 is 23.2 Å². The number of carbonyl (C=O) groups is 2. The van der Waals surface area contributed by atoms with Gasteiger partial charge in [-0.25, -0.2) is 0 Å². The third-order valence-electron chi connectivity index (χ3n) is 2.48. The molecule has 0 aromatic carbocycles. The van der Waals surface area contributed by atoms with E-state index < -0.39 is 11.8 Å². The first kappa shape index (κ1) is 13.5. The summed E-state index contributed by atoms with van der Waals surface area (Å²) in [5, 5.41) is 0.521. The van der Waals surface area contributed by atoms with Gasteiger partial charge in [0.25, 0.3) is 11.8 Å². The highest BCUT2D eigenvalue weighted by Crippen LogP contribution is 2.24. The van der Waals surface area contributed by atoms with Crippen LogP contribution in [-0.4, -0.2) is 21.4 Å². The first-order valence-electron chi connectivity index (χ1n) is 5.25. The number of hydrazine groups is 1. The molecule has 0 fully saturated rings. The van der Waals surface area contributed by atoms with Crippen molar-refractivity contribution in [2.75, 3.05) is 0 Å². The van der Waals surface area contributed by atoms with Gasteiger partial charge in [0.1, 0.15) is 16.5 Å². The summed E-state index contributed by atoms with van der Waals surface area (Å²) < 4.78 is 1.42. The van der Waals surface area contributed by atoms with Crippen LogP contribution in [0.1, 0.15) is 21.0 Å². The van der Waals surface area contributed by atoms with E-state index in [9.17, 15) is 9.59 Å². The Kier molecular flexibility index (Phi) is 3.82. The van der Waals surface area contributed by atoms with Crippen molar-refractivity contribution in [1.29, 1.82) is 0 Å². The zero-order valence-electron chi connectivity index (χ0n) is 9.83. The minimum absolute atomic E-state index is 0.238. The lowest BCUT2D eigenvalue weighted by atomic mass is 10.4. The standard InChI is InChI=1S/C11H10Cl2N4O2/c1-17-8(5-6(12)9(17)13)11(19)16-15-10(18)7-3-2-4-14-7/h2-5,14H,1H3,(H,15,18)(H,16,19). The quantitative estimate of drug-likeness (QED) is 0.739. The van der Waals surface area contributed by atoms with Crippen LogP contribution in [0, 0.1) is 0 Å². The van der Waals surface area contributed by atoms with Gasteiger partial charge >= 0.3 is 0 Å². The van der Waals surface area contributed by atoms with Gasteiger partial charge in [-0.2, -0.15) is 0 Å². The highest BCUT2D eigenvalue weighted by Gasteiger charge is 2.16. The van der Waals surface area contributed by atoms with E-state index in [1.807, 2.05) is 0 Å². The number of halogens is 2. The average molecular weight is 301 g/mol. The second-order valence-electron chi connectivity index (χ2n) is 3.72. The van der Waals surface area contributed by atoms with Crippen LogP contribution in [0.5, 0.6) is 0 Å². The SMILES string of the molecule is Cn1c(C(=O)NNC(=O)c2ccc[nH]2)cc(Cl)c1Cl. The monoisotopic (exact) mass is 300 g/mol. The van der Waals surface area contributed by atoms with Crippen molar-refractivity contribution in [2.45, 2.75) is 0 Å². The van der Waals surface area contributed by atoms with E-state index in [-0.39, 0.29) is 15.9 Å². The smallest absolute Gasteiger partial charge is 0.286 e. The predicted molar refractivity (Wildman–Crippen MR) is 71.2 cm³/mol. The Morgan fingerprint density at radius 3 is 2.47 bits per heavy atom. The van der Waals surface area contributed by atoms with Crippen LogP contribution in [0.4, 0.5) is 0 Å². The van der Waals surface area contributed by atoms with E-state index in [4.69, 9.17) is 23.2 Å². The summed E-state index contributed by atoms with van der Waals surface area (Å²) >= 11 is 11.6. The molecule has 8 heteroatoms. The number of rotatable bonds is 2. The zero-order valence-corrected chi connectivity index (χ0v) is 11.3. The normalized spacial score (nSPS) is 10.3. The molecule has 19 heavy (non-hydrogen) atoms. The molecule has 0 aliphatic heterocycles. The Labute approximate surface area is 118 Å². The van der Waals surface area contributed by atoms with E-state index in [0.717, 1.165) is 0 Å². The van der Waals surface area contributed by atoms with Gasteiger partial charge in [-0.1, -0.05) is 23.2 Å². The Morgan fingerprint density at radius 1 is 1.26 bits per heavy atom. The van der Waals surface area contributed by atoms with Crippen LogP contribution in [-0.2, 0) is 7.05 Å². The van der Waals surface area contributed by atoms with E-state index in [2.05, 4.69) is 15.8 Å². The second-order valence-corrected chi connectivity index (χ2v) is 4.48. The van der Waals surface area contributed by atoms with Crippen molar-refractivity contribution in [3.63, 3.8) is 0 Å². The molecule has 0 bridgehead atoms.